The zero-order valence-corrected chi connectivity index (χ0v) is 16.4. The Morgan fingerprint density at radius 2 is 1.96 bits per heavy atom. The van der Waals surface area contributed by atoms with Crippen LogP contribution < -0.4 is 5.32 Å². The maximum Gasteiger partial charge on any atom is 0.229 e. The summed E-state index contributed by atoms with van der Waals surface area (Å²) in [4.78, 5) is 33.6. The second kappa shape index (κ2) is 8.57. The molecule has 2 aliphatic heterocycles. The Morgan fingerprint density at radius 1 is 1.21 bits per heavy atom. The minimum atomic E-state index is -0.216. The monoisotopic (exact) mass is 391 g/mol. The number of carbonyl (C=O) groups excluding carboxylic acids is 2. The van der Waals surface area contributed by atoms with Gasteiger partial charge in [-0.2, -0.15) is 4.98 Å². The Kier molecular flexibility index (Phi) is 5.91. The van der Waals surface area contributed by atoms with Crippen molar-refractivity contribution in [2.75, 3.05) is 46.4 Å². The van der Waals surface area contributed by atoms with E-state index in [1.54, 1.807) is 11.9 Å². The third-order valence-corrected chi connectivity index (χ3v) is 6.06. The van der Waals surface area contributed by atoms with Gasteiger partial charge in [0, 0.05) is 39.1 Å². The Balaban J connectivity index is 1.31. The fourth-order valence-electron chi connectivity index (χ4n) is 4.11. The molecule has 0 unspecified atom stereocenters. The lowest BCUT2D eigenvalue weighted by Gasteiger charge is -2.35. The molecule has 4 rings (SSSR count). The first-order valence-corrected chi connectivity index (χ1v) is 10.3. The molecule has 1 aromatic rings. The number of ether oxygens (including phenoxy) is 1. The van der Waals surface area contributed by atoms with Crippen LogP contribution in [0.1, 0.15) is 43.3 Å². The highest BCUT2D eigenvalue weighted by Gasteiger charge is 2.35. The van der Waals surface area contributed by atoms with Crippen molar-refractivity contribution in [1.82, 2.24) is 25.3 Å². The van der Waals surface area contributed by atoms with E-state index >= 15 is 0 Å². The summed E-state index contributed by atoms with van der Waals surface area (Å²) in [5.41, 5.74) is 0. The third-order valence-electron chi connectivity index (χ3n) is 6.06. The van der Waals surface area contributed by atoms with E-state index in [0.29, 0.717) is 70.0 Å². The van der Waals surface area contributed by atoms with Crippen molar-refractivity contribution in [3.8, 4) is 0 Å². The number of hydrogen-bond donors (Lipinski definition) is 1. The molecule has 0 bridgehead atoms. The molecule has 0 radical (unpaired) electrons. The van der Waals surface area contributed by atoms with Crippen LogP contribution in [0.4, 0.5) is 0 Å². The molecule has 9 heteroatoms. The lowest BCUT2D eigenvalue weighted by atomic mass is 9.85. The summed E-state index contributed by atoms with van der Waals surface area (Å²) in [6.07, 6.45) is 3.98. The summed E-state index contributed by atoms with van der Waals surface area (Å²) in [6.45, 7) is 3.99. The average molecular weight is 391 g/mol. The maximum absolute atomic E-state index is 12.9. The lowest BCUT2D eigenvalue weighted by Crippen LogP contribution is -2.51. The number of rotatable bonds is 5. The zero-order chi connectivity index (χ0) is 19.5. The largest absolute Gasteiger partial charge is 0.378 e. The van der Waals surface area contributed by atoms with Gasteiger partial charge in [0.25, 0.3) is 0 Å². The standard InChI is InChI=1S/C19H29N5O4/c1-23(12-16-21-17(28-22-16)13-3-2-4-13)18(25)14-9-15(11-20-10-14)19(26)24-5-7-27-8-6-24/h13-15,20H,2-12H2,1H3/t14-,15+/m0/s1. The highest BCUT2D eigenvalue weighted by Crippen LogP contribution is 2.35. The van der Waals surface area contributed by atoms with Gasteiger partial charge in [-0.1, -0.05) is 11.6 Å². The van der Waals surface area contributed by atoms with Gasteiger partial charge >= 0.3 is 0 Å². The Bertz CT molecular complexity index is 698. The predicted molar refractivity (Wildman–Crippen MR) is 99.2 cm³/mol. The topological polar surface area (TPSA) is 101 Å². The van der Waals surface area contributed by atoms with Crippen LogP contribution in [0.15, 0.2) is 4.52 Å². The van der Waals surface area contributed by atoms with Crippen molar-refractivity contribution in [1.29, 1.82) is 0 Å². The zero-order valence-electron chi connectivity index (χ0n) is 16.4. The summed E-state index contributed by atoms with van der Waals surface area (Å²) in [7, 11) is 1.76. The number of nitrogens with zero attached hydrogens (tertiary/aromatic N) is 4. The van der Waals surface area contributed by atoms with E-state index in [9.17, 15) is 9.59 Å². The maximum atomic E-state index is 12.9. The Hall–Kier alpha value is -2.00. The van der Waals surface area contributed by atoms with Crippen LogP contribution in [0.25, 0.3) is 0 Å². The molecular formula is C19H29N5O4. The fourth-order valence-corrected chi connectivity index (χ4v) is 4.11. The number of amides is 2. The van der Waals surface area contributed by atoms with Crippen molar-refractivity contribution in [3.05, 3.63) is 11.7 Å². The van der Waals surface area contributed by atoms with E-state index in [4.69, 9.17) is 9.26 Å². The minimum Gasteiger partial charge on any atom is -0.378 e. The van der Waals surface area contributed by atoms with Gasteiger partial charge in [0.15, 0.2) is 5.82 Å². The third kappa shape index (κ3) is 4.20. The molecule has 9 nitrogen and oxygen atoms in total. The molecule has 3 fully saturated rings. The lowest BCUT2D eigenvalue weighted by molar-refractivity contribution is -0.143. The van der Waals surface area contributed by atoms with Gasteiger partial charge in [-0.05, 0) is 19.3 Å². The van der Waals surface area contributed by atoms with Gasteiger partial charge in [0.2, 0.25) is 17.7 Å². The number of hydrogen-bond acceptors (Lipinski definition) is 7. The predicted octanol–water partition coefficient (Wildman–Crippen LogP) is 0.380. The van der Waals surface area contributed by atoms with Crippen molar-refractivity contribution < 1.29 is 18.8 Å². The van der Waals surface area contributed by atoms with Crippen LogP contribution in [-0.4, -0.2) is 78.2 Å². The Labute approximate surface area is 164 Å². The van der Waals surface area contributed by atoms with Crippen molar-refractivity contribution in [2.45, 2.75) is 38.1 Å². The molecule has 1 N–H and O–H groups in total. The van der Waals surface area contributed by atoms with Gasteiger partial charge < -0.3 is 24.4 Å². The SMILES string of the molecule is CN(Cc1noc(C2CCC2)n1)C(=O)[C@@H]1CNC[C@H](C(=O)N2CCOCC2)C1. The number of nitrogens with one attached hydrogen (secondary N) is 1. The van der Waals surface area contributed by atoms with Crippen molar-refractivity contribution in [2.24, 2.45) is 11.8 Å². The first-order valence-electron chi connectivity index (χ1n) is 10.3. The normalized spacial score (nSPS) is 26.0. The van der Waals surface area contributed by atoms with Crippen LogP contribution in [0.5, 0.6) is 0 Å². The molecule has 154 valence electrons. The molecule has 2 amide bonds. The molecule has 0 aromatic carbocycles. The quantitative estimate of drug-likeness (QED) is 0.774. The van der Waals surface area contributed by atoms with E-state index in [1.165, 1.54) is 6.42 Å². The van der Waals surface area contributed by atoms with Crippen LogP contribution >= 0.6 is 0 Å². The van der Waals surface area contributed by atoms with Crippen LogP contribution in [-0.2, 0) is 20.9 Å². The fraction of sp³-hybridized carbons (Fsp3) is 0.789. The first kappa shape index (κ1) is 19.3. The number of piperidine rings is 1. The summed E-state index contributed by atoms with van der Waals surface area (Å²) in [5.74, 6) is 1.38. The van der Waals surface area contributed by atoms with Gasteiger partial charge in [-0.15, -0.1) is 0 Å². The van der Waals surface area contributed by atoms with E-state index in [0.717, 1.165) is 12.8 Å². The number of carbonyl (C=O) groups is 2. The number of morpholine rings is 1. The Morgan fingerprint density at radius 3 is 2.68 bits per heavy atom. The van der Waals surface area contributed by atoms with Gasteiger partial charge in [0.1, 0.15) is 0 Å². The molecule has 3 heterocycles. The molecular weight excluding hydrogens is 362 g/mol. The van der Waals surface area contributed by atoms with Gasteiger partial charge in [-0.3, -0.25) is 9.59 Å². The van der Waals surface area contributed by atoms with Gasteiger partial charge in [-0.25, -0.2) is 0 Å². The van der Waals surface area contributed by atoms with E-state index in [-0.39, 0.29) is 23.7 Å². The average Bonchev–Trinajstić information content (AvgIpc) is 3.13. The molecule has 1 aliphatic carbocycles. The molecule has 0 spiro atoms. The molecule has 28 heavy (non-hydrogen) atoms. The first-order chi connectivity index (χ1) is 13.6. The highest BCUT2D eigenvalue weighted by atomic mass is 16.5. The van der Waals surface area contributed by atoms with Gasteiger partial charge in [0.05, 0.1) is 31.6 Å². The van der Waals surface area contributed by atoms with E-state index in [2.05, 4.69) is 15.5 Å². The molecule has 1 saturated carbocycles. The van der Waals surface area contributed by atoms with Crippen molar-refractivity contribution >= 4 is 11.8 Å². The second-order valence-corrected chi connectivity index (χ2v) is 8.10. The summed E-state index contributed by atoms with van der Waals surface area (Å²) in [5, 5.41) is 7.29. The highest BCUT2D eigenvalue weighted by molar-refractivity contribution is 5.83. The smallest absolute Gasteiger partial charge is 0.229 e. The summed E-state index contributed by atoms with van der Waals surface area (Å²) in [6, 6.07) is 0. The number of aromatic nitrogens is 2. The van der Waals surface area contributed by atoms with Crippen LogP contribution in [0.2, 0.25) is 0 Å². The van der Waals surface area contributed by atoms with E-state index in [1.807, 2.05) is 4.90 Å². The molecule has 1 aromatic heterocycles. The minimum absolute atomic E-state index is 0.0157. The molecule has 2 saturated heterocycles. The second-order valence-electron chi connectivity index (χ2n) is 8.10. The summed E-state index contributed by atoms with van der Waals surface area (Å²) < 4.78 is 10.7. The molecule has 2 atom stereocenters. The van der Waals surface area contributed by atoms with E-state index < -0.39 is 0 Å². The molecule has 3 aliphatic rings. The van der Waals surface area contributed by atoms with Crippen LogP contribution in [0, 0.1) is 11.8 Å². The summed E-state index contributed by atoms with van der Waals surface area (Å²) >= 11 is 0. The van der Waals surface area contributed by atoms with Crippen LogP contribution in [0.3, 0.4) is 0 Å². The van der Waals surface area contributed by atoms with Crippen molar-refractivity contribution in [3.63, 3.8) is 0 Å².